The minimum atomic E-state index is -4.68. The number of hydrogen-bond acceptors (Lipinski definition) is 3. The van der Waals surface area contributed by atoms with Crippen molar-refractivity contribution in [2.24, 2.45) is 11.7 Å². The molecule has 0 aromatic heterocycles. The van der Waals surface area contributed by atoms with Gasteiger partial charge in [0.05, 0.1) is 0 Å². The highest BCUT2D eigenvalue weighted by Crippen LogP contribution is 2.27. The van der Waals surface area contributed by atoms with Crippen LogP contribution >= 0.6 is 0 Å². The van der Waals surface area contributed by atoms with Gasteiger partial charge in [-0.05, 0) is 43.5 Å². The molecule has 0 radical (unpaired) electrons. The zero-order valence-electron chi connectivity index (χ0n) is 13.3. The molecule has 1 rings (SSSR count). The van der Waals surface area contributed by atoms with E-state index >= 15 is 0 Å². The second-order valence-corrected chi connectivity index (χ2v) is 5.97. The highest BCUT2D eigenvalue weighted by molar-refractivity contribution is 5.32. The van der Waals surface area contributed by atoms with Crippen LogP contribution in [0, 0.1) is 5.92 Å². The molecule has 3 N–H and O–H groups in total. The number of rotatable bonds is 8. The molecule has 0 fully saturated rings. The van der Waals surface area contributed by atoms with Crippen molar-refractivity contribution in [1.82, 2.24) is 5.32 Å². The molecule has 22 heavy (non-hydrogen) atoms. The van der Waals surface area contributed by atoms with Gasteiger partial charge >= 0.3 is 6.36 Å². The van der Waals surface area contributed by atoms with Crippen molar-refractivity contribution in [3.63, 3.8) is 0 Å². The van der Waals surface area contributed by atoms with Gasteiger partial charge in [0.15, 0.2) is 0 Å². The number of nitrogens with one attached hydrogen (secondary N) is 1. The Kier molecular flexibility index (Phi) is 7.16. The third kappa shape index (κ3) is 7.13. The molecule has 0 saturated carbocycles. The second kappa shape index (κ2) is 8.39. The topological polar surface area (TPSA) is 47.3 Å². The standard InChI is InChI=1S/C16H25F3N2O/c1-11(2)7-8-21-10-15(12(3)20)13-5-4-6-14(9-13)22-16(17,18)19/h4-6,9,11-12,15,21H,7-8,10,20H2,1-3H3/t12-,15-/m0/s1. The van der Waals surface area contributed by atoms with Crippen molar-refractivity contribution in [3.8, 4) is 5.75 Å². The SMILES string of the molecule is CC(C)CCNC[C@H](c1cccc(OC(F)(F)F)c1)[C@H](C)N. The summed E-state index contributed by atoms with van der Waals surface area (Å²) >= 11 is 0. The van der Waals surface area contributed by atoms with Gasteiger partial charge in [-0.15, -0.1) is 13.2 Å². The van der Waals surface area contributed by atoms with Gasteiger partial charge in [0, 0.05) is 18.5 Å². The third-order valence-corrected chi connectivity index (χ3v) is 3.42. The van der Waals surface area contributed by atoms with Gasteiger partial charge in [-0.25, -0.2) is 0 Å². The molecule has 0 spiro atoms. The summed E-state index contributed by atoms with van der Waals surface area (Å²) in [5, 5.41) is 3.32. The average molecular weight is 318 g/mol. The first-order valence-corrected chi connectivity index (χ1v) is 7.51. The first-order valence-electron chi connectivity index (χ1n) is 7.51. The quantitative estimate of drug-likeness (QED) is 0.719. The Hall–Kier alpha value is -1.27. The van der Waals surface area contributed by atoms with Crippen LogP contribution in [-0.4, -0.2) is 25.5 Å². The number of hydrogen-bond donors (Lipinski definition) is 2. The first-order chi connectivity index (χ1) is 10.2. The highest BCUT2D eigenvalue weighted by atomic mass is 19.4. The Balaban J connectivity index is 2.72. The van der Waals surface area contributed by atoms with Crippen LogP contribution in [0.5, 0.6) is 5.75 Å². The fourth-order valence-electron chi connectivity index (χ4n) is 2.20. The summed E-state index contributed by atoms with van der Waals surface area (Å²) in [7, 11) is 0. The molecule has 0 aliphatic carbocycles. The van der Waals surface area contributed by atoms with Gasteiger partial charge in [-0.1, -0.05) is 26.0 Å². The van der Waals surface area contributed by atoms with Gasteiger partial charge in [0.25, 0.3) is 0 Å². The molecule has 0 heterocycles. The summed E-state index contributed by atoms with van der Waals surface area (Å²) < 4.78 is 40.9. The molecule has 0 unspecified atom stereocenters. The lowest BCUT2D eigenvalue weighted by atomic mass is 9.92. The molecule has 0 saturated heterocycles. The summed E-state index contributed by atoms with van der Waals surface area (Å²) in [5.41, 5.74) is 6.73. The maximum Gasteiger partial charge on any atom is 0.573 e. The second-order valence-electron chi connectivity index (χ2n) is 5.97. The first kappa shape index (κ1) is 18.8. The van der Waals surface area contributed by atoms with Gasteiger partial charge in [0.1, 0.15) is 5.75 Å². The van der Waals surface area contributed by atoms with Crippen LogP contribution in [0.1, 0.15) is 38.7 Å². The van der Waals surface area contributed by atoms with Gasteiger partial charge < -0.3 is 15.8 Å². The third-order valence-electron chi connectivity index (χ3n) is 3.42. The number of nitrogens with two attached hydrogens (primary N) is 1. The molecule has 1 aromatic carbocycles. The summed E-state index contributed by atoms with van der Waals surface area (Å²) in [6, 6.07) is 5.86. The Bertz CT molecular complexity index is 447. The lowest BCUT2D eigenvalue weighted by molar-refractivity contribution is -0.274. The largest absolute Gasteiger partial charge is 0.573 e. The van der Waals surface area contributed by atoms with Gasteiger partial charge in [-0.2, -0.15) is 0 Å². The molecule has 0 bridgehead atoms. The van der Waals surface area contributed by atoms with E-state index in [1.807, 2.05) is 6.92 Å². The van der Waals surface area contributed by atoms with Crippen LogP contribution in [0.25, 0.3) is 0 Å². The minimum Gasteiger partial charge on any atom is -0.406 e. The van der Waals surface area contributed by atoms with E-state index in [9.17, 15) is 13.2 Å². The van der Waals surface area contributed by atoms with Crippen LogP contribution in [0.4, 0.5) is 13.2 Å². The van der Waals surface area contributed by atoms with E-state index < -0.39 is 6.36 Å². The molecule has 126 valence electrons. The van der Waals surface area contributed by atoms with Gasteiger partial charge in [0.2, 0.25) is 0 Å². The fraction of sp³-hybridized carbons (Fsp3) is 0.625. The van der Waals surface area contributed by atoms with E-state index in [0.717, 1.165) is 18.5 Å². The van der Waals surface area contributed by atoms with Crippen LogP contribution in [0.15, 0.2) is 24.3 Å². The van der Waals surface area contributed by atoms with E-state index in [4.69, 9.17) is 5.73 Å². The van der Waals surface area contributed by atoms with Crippen molar-refractivity contribution in [3.05, 3.63) is 29.8 Å². The van der Waals surface area contributed by atoms with E-state index in [-0.39, 0.29) is 17.7 Å². The number of halogens is 3. The Labute approximate surface area is 130 Å². The molecule has 0 aliphatic rings. The molecule has 3 nitrogen and oxygen atoms in total. The molecule has 6 heteroatoms. The van der Waals surface area contributed by atoms with Crippen molar-refractivity contribution in [2.45, 2.75) is 45.5 Å². The fourth-order valence-corrected chi connectivity index (χ4v) is 2.20. The molecule has 0 amide bonds. The van der Waals surface area contributed by atoms with E-state index in [1.54, 1.807) is 12.1 Å². The van der Waals surface area contributed by atoms with E-state index in [2.05, 4.69) is 23.9 Å². The lowest BCUT2D eigenvalue weighted by Crippen LogP contribution is -2.34. The van der Waals surface area contributed by atoms with Gasteiger partial charge in [-0.3, -0.25) is 0 Å². The summed E-state index contributed by atoms with van der Waals surface area (Å²) in [6.07, 6.45) is -3.64. The maximum absolute atomic E-state index is 12.3. The van der Waals surface area contributed by atoms with Crippen LogP contribution < -0.4 is 15.8 Å². The molecule has 0 aliphatic heterocycles. The Morgan fingerprint density at radius 2 is 1.91 bits per heavy atom. The molecular weight excluding hydrogens is 293 g/mol. The Morgan fingerprint density at radius 3 is 2.45 bits per heavy atom. The summed E-state index contributed by atoms with van der Waals surface area (Å²) in [4.78, 5) is 0. The summed E-state index contributed by atoms with van der Waals surface area (Å²) in [5.74, 6) is 0.325. The number of benzene rings is 1. The van der Waals surface area contributed by atoms with E-state index in [1.165, 1.54) is 12.1 Å². The number of alkyl halides is 3. The van der Waals surface area contributed by atoms with E-state index in [0.29, 0.717) is 12.5 Å². The van der Waals surface area contributed by atoms with Crippen molar-refractivity contribution >= 4 is 0 Å². The lowest BCUT2D eigenvalue weighted by Gasteiger charge is -2.23. The molecule has 1 aromatic rings. The summed E-state index contributed by atoms with van der Waals surface area (Å²) in [6.45, 7) is 7.62. The molecule has 2 atom stereocenters. The van der Waals surface area contributed by atoms with Crippen LogP contribution in [-0.2, 0) is 0 Å². The maximum atomic E-state index is 12.3. The highest BCUT2D eigenvalue weighted by Gasteiger charge is 2.31. The van der Waals surface area contributed by atoms with Crippen molar-refractivity contribution in [2.75, 3.05) is 13.1 Å². The zero-order chi connectivity index (χ0) is 16.8. The minimum absolute atomic E-state index is 0.0658. The van der Waals surface area contributed by atoms with Crippen LogP contribution in [0.3, 0.4) is 0 Å². The van der Waals surface area contributed by atoms with Crippen molar-refractivity contribution < 1.29 is 17.9 Å². The smallest absolute Gasteiger partial charge is 0.406 e. The predicted molar refractivity (Wildman–Crippen MR) is 81.8 cm³/mol. The number of ether oxygens (including phenoxy) is 1. The average Bonchev–Trinajstić information content (AvgIpc) is 2.36. The van der Waals surface area contributed by atoms with Crippen molar-refractivity contribution in [1.29, 1.82) is 0 Å². The predicted octanol–water partition coefficient (Wildman–Crippen LogP) is 3.65. The normalized spacial score (nSPS) is 14.9. The Morgan fingerprint density at radius 1 is 1.23 bits per heavy atom. The molecular formula is C16H25F3N2O. The zero-order valence-corrected chi connectivity index (χ0v) is 13.3. The van der Waals surface area contributed by atoms with Crippen LogP contribution in [0.2, 0.25) is 0 Å². The monoisotopic (exact) mass is 318 g/mol.